The highest BCUT2D eigenvalue weighted by molar-refractivity contribution is 7.92. The lowest BCUT2D eigenvalue weighted by molar-refractivity contribution is 0.0971. The molecule has 5 rings (SSSR count). The van der Waals surface area contributed by atoms with E-state index in [-0.39, 0.29) is 16.1 Å². The second-order valence-electron chi connectivity index (χ2n) is 9.40. The normalized spacial score (nSPS) is 14.7. The number of Topliss-reactive ketones (excluding diaryl/α,β-unsaturated/α-hetero) is 1. The first-order valence-corrected chi connectivity index (χ1v) is 12.3. The molecule has 0 spiro atoms. The predicted octanol–water partition coefficient (Wildman–Crippen LogP) is 6.20. The van der Waals surface area contributed by atoms with E-state index in [4.69, 9.17) is 4.42 Å². The van der Waals surface area contributed by atoms with Gasteiger partial charge in [-0.05, 0) is 35.6 Å². The Morgan fingerprint density at radius 1 is 0.906 bits per heavy atom. The maximum atomic E-state index is 13.2. The van der Waals surface area contributed by atoms with Gasteiger partial charge in [0.1, 0.15) is 11.3 Å². The number of sulfonamides is 1. The van der Waals surface area contributed by atoms with Crippen LogP contribution in [0.2, 0.25) is 0 Å². The zero-order valence-electron chi connectivity index (χ0n) is 18.4. The summed E-state index contributed by atoms with van der Waals surface area (Å²) in [5.41, 5.74) is 2.66. The van der Waals surface area contributed by atoms with Crippen molar-refractivity contribution in [2.75, 3.05) is 4.72 Å². The van der Waals surface area contributed by atoms with Gasteiger partial charge >= 0.3 is 0 Å². The molecule has 0 unspecified atom stereocenters. The lowest BCUT2D eigenvalue weighted by Gasteiger charge is -2.19. The van der Waals surface area contributed by atoms with E-state index in [9.17, 15) is 13.2 Å². The molecule has 0 atom stereocenters. The molecule has 0 aliphatic heterocycles. The van der Waals surface area contributed by atoms with Crippen molar-refractivity contribution in [2.45, 2.75) is 50.3 Å². The van der Waals surface area contributed by atoms with Crippen molar-refractivity contribution in [1.82, 2.24) is 0 Å². The Bertz CT molecular complexity index is 1470. The Morgan fingerprint density at radius 2 is 1.59 bits per heavy atom. The van der Waals surface area contributed by atoms with Crippen molar-refractivity contribution in [2.24, 2.45) is 0 Å². The van der Waals surface area contributed by atoms with Crippen LogP contribution >= 0.6 is 0 Å². The second kappa shape index (κ2) is 7.20. The Hall–Kier alpha value is -3.12. The van der Waals surface area contributed by atoms with E-state index < -0.39 is 10.0 Å². The van der Waals surface area contributed by atoms with E-state index >= 15 is 0 Å². The maximum Gasteiger partial charge on any atom is 0.261 e. The fourth-order valence-corrected chi connectivity index (χ4v) is 5.48. The summed E-state index contributed by atoms with van der Waals surface area (Å²) in [5.74, 6) is 0.742. The van der Waals surface area contributed by atoms with Crippen molar-refractivity contribution >= 4 is 43.2 Å². The topological polar surface area (TPSA) is 76.4 Å². The maximum absolute atomic E-state index is 13.2. The zero-order chi connectivity index (χ0) is 22.7. The van der Waals surface area contributed by atoms with Crippen molar-refractivity contribution in [1.29, 1.82) is 0 Å². The Labute approximate surface area is 187 Å². The average Bonchev–Trinajstić information content (AvgIpc) is 3.13. The van der Waals surface area contributed by atoms with Gasteiger partial charge in [-0.25, -0.2) is 8.42 Å². The van der Waals surface area contributed by atoms with Gasteiger partial charge in [0.15, 0.2) is 5.78 Å². The lowest BCUT2D eigenvalue weighted by Crippen LogP contribution is -2.15. The summed E-state index contributed by atoms with van der Waals surface area (Å²) < 4.78 is 35.3. The summed E-state index contributed by atoms with van der Waals surface area (Å²) in [5, 5.41) is 2.19. The number of nitrogens with one attached hydrogen (secondary N) is 1. The number of aryl methyl sites for hydroxylation is 1. The molecule has 164 valence electrons. The third kappa shape index (κ3) is 3.39. The SMILES string of the molecule is CC(C)(C)c1ccc(S(=O)(=O)Nc2cc3c4c(oc3c3ccccc23)CCCC4=O)cc1. The van der Waals surface area contributed by atoms with Crippen LogP contribution in [0.25, 0.3) is 21.7 Å². The van der Waals surface area contributed by atoms with Crippen LogP contribution in [0.4, 0.5) is 5.69 Å². The molecule has 1 aromatic heterocycles. The van der Waals surface area contributed by atoms with E-state index in [1.807, 2.05) is 36.4 Å². The standard InChI is InChI=1S/C26H25NO4S/c1-26(2,3)16-11-13-17(14-12-16)32(29,30)27-21-15-20-24-22(28)9-6-10-23(24)31-25(20)19-8-5-4-7-18(19)21/h4-5,7-8,11-15,27H,6,9-10H2,1-3H3. The number of benzene rings is 3. The first-order chi connectivity index (χ1) is 15.1. The van der Waals surface area contributed by atoms with Crippen molar-refractivity contribution in [3.05, 3.63) is 71.5 Å². The fourth-order valence-electron chi connectivity index (χ4n) is 4.41. The number of furan rings is 1. The van der Waals surface area contributed by atoms with Crippen LogP contribution in [0, 0.1) is 0 Å². The van der Waals surface area contributed by atoms with Gasteiger partial charge in [-0.15, -0.1) is 0 Å². The van der Waals surface area contributed by atoms with Crippen LogP contribution in [0.3, 0.4) is 0 Å². The quantitative estimate of drug-likeness (QED) is 0.405. The molecular weight excluding hydrogens is 422 g/mol. The molecule has 4 aromatic rings. The lowest BCUT2D eigenvalue weighted by atomic mass is 9.87. The molecular formula is C26H25NO4S. The average molecular weight is 448 g/mol. The van der Waals surface area contributed by atoms with E-state index in [2.05, 4.69) is 25.5 Å². The Morgan fingerprint density at radius 3 is 2.28 bits per heavy atom. The minimum atomic E-state index is -3.82. The molecule has 1 N–H and O–H groups in total. The molecule has 6 heteroatoms. The molecule has 0 saturated heterocycles. The third-order valence-corrected chi connectivity index (χ3v) is 7.51. The van der Waals surface area contributed by atoms with E-state index in [1.54, 1.807) is 18.2 Å². The van der Waals surface area contributed by atoms with Crippen molar-refractivity contribution in [3.8, 4) is 0 Å². The largest absolute Gasteiger partial charge is 0.460 e. The van der Waals surface area contributed by atoms with Crippen LogP contribution in [0.5, 0.6) is 0 Å². The molecule has 1 aliphatic carbocycles. The van der Waals surface area contributed by atoms with E-state index in [1.165, 1.54) is 0 Å². The number of carbonyl (C=O) groups excluding carboxylic acids is 1. The molecule has 0 amide bonds. The van der Waals surface area contributed by atoms with Crippen molar-refractivity contribution in [3.63, 3.8) is 0 Å². The van der Waals surface area contributed by atoms with Crippen LogP contribution in [-0.2, 0) is 21.9 Å². The summed E-state index contributed by atoms with van der Waals surface area (Å²) in [6.07, 6.45) is 1.97. The van der Waals surface area contributed by atoms with Crippen LogP contribution in [-0.4, -0.2) is 14.2 Å². The van der Waals surface area contributed by atoms with Gasteiger partial charge in [0.05, 0.1) is 16.1 Å². The summed E-state index contributed by atoms with van der Waals surface area (Å²) >= 11 is 0. The van der Waals surface area contributed by atoms with E-state index in [0.29, 0.717) is 40.8 Å². The van der Waals surface area contributed by atoms with Gasteiger partial charge in [-0.1, -0.05) is 57.2 Å². The molecule has 1 heterocycles. The minimum Gasteiger partial charge on any atom is -0.460 e. The highest BCUT2D eigenvalue weighted by atomic mass is 32.2. The second-order valence-corrected chi connectivity index (χ2v) is 11.1. The Balaban J connectivity index is 1.65. The molecule has 0 radical (unpaired) electrons. The number of carbonyl (C=O) groups is 1. The number of anilines is 1. The van der Waals surface area contributed by atoms with Gasteiger partial charge in [-0.2, -0.15) is 0 Å². The van der Waals surface area contributed by atoms with Gasteiger partial charge in [0.2, 0.25) is 0 Å². The van der Waals surface area contributed by atoms with Gasteiger partial charge in [-0.3, -0.25) is 9.52 Å². The van der Waals surface area contributed by atoms with Crippen molar-refractivity contribution < 1.29 is 17.6 Å². The van der Waals surface area contributed by atoms with Crippen LogP contribution in [0.1, 0.15) is 55.3 Å². The first kappa shape index (κ1) is 20.8. The third-order valence-electron chi connectivity index (χ3n) is 6.13. The molecule has 3 aromatic carbocycles. The number of rotatable bonds is 3. The number of ketones is 1. The molecule has 32 heavy (non-hydrogen) atoms. The van der Waals surface area contributed by atoms with Crippen LogP contribution in [0.15, 0.2) is 63.9 Å². The summed E-state index contributed by atoms with van der Waals surface area (Å²) in [6.45, 7) is 6.26. The molecule has 5 nitrogen and oxygen atoms in total. The number of hydrogen-bond donors (Lipinski definition) is 1. The number of fused-ring (bicyclic) bond motifs is 5. The molecule has 0 fully saturated rings. The summed E-state index contributed by atoms with van der Waals surface area (Å²) in [4.78, 5) is 12.8. The highest BCUT2D eigenvalue weighted by Gasteiger charge is 2.27. The van der Waals surface area contributed by atoms with Gasteiger partial charge in [0.25, 0.3) is 10.0 Å². The Kier molecular flexibility index (Phi) is 4.67. The predicted molar refractivity (Wildman–Crippen MR) is 127 cm³/mol. The zero-order valence-corrected chi connectivity index (χ0v) is 19.2. The van der Waals surface area contributed by atoms with Gasteiger partial charge in [0, 0.05) is 29.0 Å². The van der Waals surface area contributed by atoms with Gasteiger partial charge < -0.3 is 4.42 Å². The number of hydrogen-bond acceptors (Lipinski definition) is 4. The summed E-state index contributed by atoms with van der Waals surface area (Å²) in [7, 11) is -3.82. The van der Waals surface area contributed by atoms with E-state index in [0.717, 1.165) is 22.8 Å². The minimum absolute atomic E-state index is 0.0480. The van der Waals surface area contributed by atoms with Crippen LogP contribution < -0.4 is 4.72 Å². The molecule has 0 saturated carbocycles. The molecule has 1 aliphatic rings. The highest BCUT2D eigenvalue weighted by Crippen LogP contribution is 2.40. The smallest absolute Gasteiger partial charge is 0.261 e. The summed E-state index contributed by atoms with van der Waals surface area (Å²) in [6, 6.07) is 16.2. The first-order valence-electron chi connectivity index (χ1n) is 10.8. The fraction of sp³-hybridized carbons (Fsp3) is 0.269. The monoisotopic (exact) mass is 447 g/mol. The molecule has 0 bridgehead atoms.